The molecule has 1 aliphatic rings. The SMILES string of the molecule is Cc1ccc(-c2nnc(CCC(=O)NC[C@@H]3CCCO3)c(=O)[nH]2)cc1Cl. The lowest BCUT2D eigenvalue weighted by Gasteiger charge is -2.10. The Labute approximate surface area is 156 Å². The number of halogens is 1. The average molecular weight is 377 g/mol. The Morgan fingerprint density at radius 3 is 2.96 bits per heavy atom. The van der Waals surface area contributed by atoms with Gasteiger partial charge in [0.25, 0.3) is 5.56 Å². The zero-order valence-electron chi connectivity index (χ0n) is 14.5. The van der Waals surface area contributed by atoms with Crippen LogP contribution in [-0.4, -0.2) is 40.3 Å². The summed E-state index contributed by atoms with van der Waals surface area (Å²) < 4.78 is 5.45. The van der Waals surface area contributed by atoms with E-state index in [1.165, 1.54) is 0 Å². The van der Waals surface area contributed by atoms with Gasteiger partial charge in [-0.05, 0) is 31.4 Å². The van der Waals surface area contributed by atoms with Crippen LogP contribution in [0.25, 0.3) is 11.4 Å². The van der Waals surface area contributed by atoms with E-state index < -0.39 is 0 Å². The molecule has 1 atom stereocenters. The van der Waals surface area contributed by atoms with Gasteiger partial charge in [-0.3, -0.25) is 9.59 Å². The molecule has 0 aliphatic carbocycles. The van der Waals surface area contributed by atoms with Gasteiger partial charge in [0, 0.05) is 36.6 Å². The standard InChI is InChI=1S/C18H21ClN4O3/c1-11-4-5-12(9-14(11)19)17-21-18(25)15(22-23-17)6-7-16(24)20-10-13-3-2-8-26-13/h4-5,9,13H,2-3,6-8,10H2,1H3,(H,20,24)(H,21,23,25)/t13-/m0/s1. The van der Waals surface area contributed by atoms with E-state index in [-0.39, 0.29) is 36.1 Å². The van der Waals surface area contributed by atoms with Gasteiger partial charge in [0.15, 0.2) is 5.82 Å². The van der Waals surface area contributed by atoms with Crippen molar-refractivity contribution in [1.82, 2.24) is 20.5 Å². The van der Waals surface area contributed by atoms with Crippen molar-refractivity contribution in [3.8, 4) is 11.4 Å². The fourth-order valence-corrected chi connectivity index (χ4v) is 2.93. The van der Waals surface area contributed by atoms with E-state index in [4.69, 9.17) is 16.3 Å². The van der Waals surface area contributed by atoms with Gasteiger partial charge >= 0.3 is 0 Å². The summed E-state index contributed by atoms with van der Waals surface area (Å²) in [7, 11) is 0. The second-order valence-corrected chi connectivity index (χ2v) is 6.76. The summed E-state index contributed by atoms with van der Waals surface area (Å²) in [5.74, 6) is 0.222. The molecule has 1 amide bonds. The number of rotatable bonds is 6. The minimum atomic E-state index is -0.348. The molecule has 138 valence electrons. The minimum absolute atomic E-state index is 0.0998. The van der Waals surface area contributed by atoms with Gasteiger partial charge in [-0.2, -0.15) is 0 Å². The molecule has 2 heterocycles. The topological polar surface area (TPSA) is 97.0 Å². The number of H-pyrrole nitrogens is 1. The molecule has 1 aromatic carbocycles. The summed E-state index contributed by atoms with van der Waals surface area (Å²) in [6.45, 7) is 3.16. The highest BCUT2D eigenvalue weighted by molar-refractivity contribution is 6.31. The molecule has 26 heavy (non-hydrogen) atoms. The Bertz CT molecular complexity index is 847. The predicted molar refractivity (Wildman–Crippen MR) is 98.1 cm³/mol. The van der Waals surface area contributed by atoms with Crippen molar-refractivity contribution in [2.75, 3.05) is 13.2 Å². The van der Waals surface area contributed by atoms with E-state index in [0.717, 1.165) is 25.0 Å². The molecular weight excluding hydrogens is 356 g/mol. The molecule has 0 spiro atoms. The van der Waals surface area contributed by atoms with Crippen molar-refractivity contribution in [3.05, 3.63) is 44.8 Å². The van der Waals surface area contributed by atoms with Crippen LogP contribution in [0.1, 0.15) is 30.5 Å². The maximum atomic E-state index is 12.2. The Morgan fingerprint density at radius 2 is 2.27 bits per heavy atom. The van der Waals surface area contributed by atoms with Crippen LogP contribution in [0.5, 0.6) is 0 Å². The number of aromatic amines is 1. The molecule has 1 fully saturated rings. The van der Waals surface area contributed by atoms with Crippen LogP contribution in [0, 0.1) is 6.92 Å². The Hall–Kier alpha value is -2.25. The van der Waals surface area contributed by atoms with E-state index in [1.54, 1.807) is 6.07 Å². The summed E-state index contributed by atoms with van der Waals surface area (Å²) in [4.78, 5) is 26.8. The molecule has 8 heteroatoms. The Kier molecular flexibility index (Phi) is 6.00. The molecule has 0 radical (unpaired) electrons. The van der Waals surface area contributed by atoms with Gasteiger partial charge < -0.3 is 15.0 Å². The normalized spacial score (nSPS) is 16.6. The van der Waals surface area contributed by atoms with Gasteiger partial charge in [-0.25, -0.2) is 0 Å². The van der Waals surface area contributed by atoms with E-state index >= 15 is 0 Å². The number of amides is 1. The Balaban J connectivity index is 1.58. The Morgan fingerprint density at radius 1 is 1.42 bits per heavy atom. The van der Waals surface area contributed by atoms with Gasteiger partial charge in [0.05, 0.1) is 6.10 Å². The highest BCUT2D eigenvalue weighted by atomic mass is 35.5. The zero-order valence-corrected chi connectivity index (χ0v) is 15.3. The molecule has 2 aromatic rings. The van der Waals surface area contributed by atoms with E-state index in [1.807, 2.05) is 19.1 Å². The summed E-state index contributed by atoms with van der Waals surface area (Å²) in [6, 6.07) is 5.40. The number of carbonyl (C=O) groups is 1. The molecule has 1 saturated heterocycles. The zero-order chi connectivity index (χ0) is 18.5. The van der Waals surface area contributed by atoms with E-state index in [0.29, 0.717) is 23.0 Å². The number of ether oxygens (including phenoxy) is 1. The van der Waals surface area contributed by atoms with E-state index in [2.05, 4.69) is 20.5 Å². The van der Waals surface area contributed by atoms with Crippen molar-refractivity contribution >= 4 is 17.5 Å². The fraction of sp³-hybridized carbons (Fsp3) is 0.444. The third-order valence-electron chi connectivity index (χ3n) is 4.35. The van der Waals surface area contributed by atoms with Crippen LogP contribution < -0.4 is 10.9 Å². The number of benzene rings is 1. The monoisotopic (exact) mass is 376 g/mol. The van der Waals surface area contributed by atoms with Crippen LogP contribution in [-0.2, 0) is 16.0 Å². The summed E-state index contributed by atoms with van der Waals surface area (Å²) in [5, 5.41) is 11.4. The fourth-order valence-electron chi connectivity index (χ4n) is 2.75. The van der Waals surface area contributed by atoms with Crippen LogP contribution in [0.15, 0.2) is 23.0 Å². The van der Waals surface area contributed by atoms with Gasteiger partial charge in [-0.15, -0.1) is 10.2 Å². The lowest BCUT2D eigenvalue weighted by Crippen LogP contribution is -2.32. The van der Waals surface area contributed by atoms with Crippen LogP contribution in [0.4, 0.5) is 0 Å². The van der Waals surface area contributed by atoms with Crippen LogP contribution in [0.3, 0.4) is 0 Å². The largest absolute Gasteiger partial charge is 0.376 e. The molecule has 1 aromatic heterocycles. The molecular formula is C18H21ClN4O3. The number of carbonyl (C=O) groups excluding carboxylic acids is 1. The smallest absolute Gasteiger partial charge is 0.273 e. The lowest BCUT2D eigenvalue weighted by atomic mass is 10.1. The third-order valence-corrected chi connectivity index (χ3v) is 4.76. The van der Waals surface area contributed by atoms with Crippen LogP contribution in [0.2, 0.25) is 5.02 Å². The average Bonchev–Trinajstić information content (AvgIpc) is 3.15. The van der Waals surface area contributed by atoms with Gasteiger partial charge in [0.2, 0.25) is 5.91 Å². The lowest BCUT2D eigenvalue weighted by molar-refractivity contribution is -0.121. The first-order chi connectivity index (χ1) is 12.5. The molecule has 0 saturated carbocycles. The van der Waals surface area contributed by atoms with Crippen molar-refractivity contribution in [2.24, 2.45) is 0 Å². The summed E-state index contributed by atoms with van der Waals surface area (Å²) in [5.41, 5.74) is 1.51. The number of nitrogens with zero attached hydrogens (tertiary/aromatic N) is 2. The van der Waals surface area contributed by atoms with Crippen LogP contribution >= 0.6 is 11.6 Å². The van der Waals surface area contributed by atoms with Gasteiger partial charge in [0.1, 0.15) is 5.69 Å². The quantitative estimate of drug-likeness (QED) is 0.803. The predicted octanol–water partition coefficient (Wildman–Crippen LogP) is 2.02. The molecule has 0 unspecified atom stereocenters. The molecule has 3 rings (SSSR count). The van der Waals surface area contributed by atoms with Crippen molar-refractivity contribution in [3.63, 3.8) is 0 Å². The first kappa shape index (κ1) is 18.5. The molecule has 7 nitrogen and oxygen atoms in total. The highest BCUT2D eigenvalue weighted by Gasteiger charge is 2.16. The molecule has 1 aliphatic heterocycles. The maximum absolute atomic E-state index is 12.2. The first-order valence-electron chi connectivity index (χ1n) is 8.63. The number of aromatic nitrogens is 3. The van der Waals surface area contributed by atoms with Crippen molar-refractivity contribution in [2.45, 2.75) is 38.7 Å². The second-order valence-electron chi connectivity index (χ2n) is 6.35. The van der Waals surface area contributed by atoms with Crippen molar-refractivity contribution < 1.29 is 9.53 Å². The first-order valence-corrected chi connectivity index (χ1v) is 9.01. The minimum Gasteiger partial charge on any atom is -0.376 e. The van der Waals surface area contributed by atoms with Gasteiger partial charge in [-0.1, -0.05) is 23.7 Å². The van der Waals surface area contributed by atoms with Crippen molar-refractivity contribution in [1.29, 1.82) is 0 Å². The maximum Gasteiger partial charge on any atom is 0.273 e. The summed E-state index contributed by atoms with van der Waals surface area (Å²) >= 11 is 6.10. The highest BCUT2D eigenvalue weighted by Crippen LogP contribution is 2.21. The number of aryl methyl sites for hydroxylation is 2. The molecule has 2 N–H and O–H groups in total. The van der Waals surface area contributed by atoms with E-state index in [9.17, 15) is 9.59 Å². The number of nitrogens with one attached hydrogen (secondary N) is 2. The number of hydrogen-bond acceptors (Lipinski definition) is 5. The second kappa shape index (κ2) is 8.42. The summed E-state index contributed by atoms with van der Waals surface area (Å²) in [6.07, 6.45) is 2.51. The number of hydrogen-bond donors (Lipinski definition) is 2. The third kappa shape index (κ3) is 4.68. The molecule has 0 bridgehead atoms.